The lowest BCUT2D eigenvalue weighted by atomic mass is 10.1. The molecule has 0 aliphatic heterocycles. The Bertz CT molecular complexity index is 999. The number of amides is 1. The number of anilines is 1. The van der Waals surface area contributed by atoms with Crippen molar-refractivity contribution in [3.8, 4) is 11.3 Å². The van der Waals surface area contributed by atoms with Crippen LogP contribution in [0.3, 0.4) is 0 Å². The van der Waals surface area contributed by atoms with Gasteiger partial charge in [0.05, 0.1) is 5.69 Å². The number of alkyl carbamates (subject to hydrolysis) is 1. The summed E-state index contributed by atoms with van der Waals surface area (Å²) in [4.78, 5) is 19.7. The first-order chi connectivity index (χ1) is 14.3. The number of nitrogens with zero attached hydrogens (tertiary/aromatic N) is 4. The number of ether oxygens (including phenoxy) is 1. The number of rotatable bonds is 7. The summed E-state index contributed by atoms with van der Waals surface area (Å²) in [5.74, 6) is 0.271. The summed E-state index contributed by atoms with van der Waals surface area (Å²) in [5, 5.41) is 20.7. The molecule has 0 bridgehead atoms. The standard InChI is InChI=1S/C20H27N7O3/c1-20(2,3)30-19(29)24-8-4-7-23-18(28)14-11-15(13-5-9-22-10-6-13)27-16(14)17(21)25-12-26-27/h5-6,9-12,18,23,28H,4,7-8H2,1-3H3,(H,24,29)(H2,21,25,26). The lowest BCUT2D eigenvalue weighted by molar-refractivity contribution is 0.0526. The highest BCUT2D eigenvalue weighted by Crippen LogP contribution is 2.30. The smallest absolute Gasteiger partial charge is 0.407 e. The maximum Gasteiger partial charge on any atom is 0.407 e. The molecule has 5 N–H and O–H groups in total. The molecule has 0 aromatic carbocycles. The van der Waals surface area contributed by atoms with Gasteiger partial charge < -0.3 is 20.9 Å². The largest absolute Gasteiger partial charge is 0.444 e. The van der Waals surface area contributed by atoms with Gasteiger partial charge in [-0.25, -0.2) is 14.3 Å². The van der Waals surface area contributed by atoms with E-state index in [0.29, 0.717) is 30.6 Å². The second-order valence-electron chi connectivity index (χ2n) is 7.77. The molecule has 0 saturated carbocycles. The van der Waals surface area contributed by atoms with E-state index in [1.54, 1.807) is 16.9 Å². The molecule has 3 heterocycles. The lowest BCUT2D eigenvalue weighted by Crippen LogP contribution is -2.34. The number of aliphatic hydroxyl groups is 1. The molecule has 0 aliphatic carbocycles. The van der Waals surface area contributed by atoms with Gasteiger partial charge in [0.25, 0.3) is 0 Å². The minimum atomic E-state index is -0.981. The molecule has 3 aromatic heterocycles. The molecular formula is C20H27N7O3. The Morgan fingerprint density at radius 3 is 2.73 bits per heavy atom. The second kappa shape index (κ2) is 9.06. The molecule has 0 fully saturated rings. The Morgan fingerprint density at radius 2 is 2.03 bits per heavy atom. The molecule has 10 heteroatoms. The van der Waals surface area contributed by atoms with Crippen molar-refractivity contribution in [1.29, 1.82) is 0 Å². The first-order valence-electron chi connectivity index (χ1n) is 9.67. The van der Waals surface area contributed by atoms with Gasteiger partial charge in [-0.2, -0.15) is 5.10 Å². The minimum Gasteiger partial charge on any atom is -0.444 e. The zero-order valence-electron chi connectivity index (χ0n) is 17.3. The number of carbonyl (C=O) groups is 1. The fraction of sp³-hybridized carbons (Fsp3) is 0.400. The average molecular weight is 413 g/mol. The predicted octanol–water partition coefficient (Wildman–Crippen LogP) is 1.87. The van der Waals surface area contributed by atoms with Crippen LogP contribution < -0.4 is 16.4 Å². The number of nitrogens with two attached hydrogens (primary N) is 1. The quantitative estimate of drug-likeness (QED) is 0.340. The van der Waals surface area contributed by atoms with Crippen LogP contribution in [0.5, 0.6) is 0 Å². The molecule has 0 spiro atoms. The van der Waals surface area contributed by atoms with Gasteiger partial charge >= 0.3 is 6.09 Å². The number of hydrogen-bond donors (Lipinski definition) is 4. The monoisotopic (exact) mass is 413 g/mol. The fourth-order valence-corrected chi connectivity index (χ4v) is 2.98. The number of carbonyl (C=O) groups excluding carboxylic acids is 1. The summed E-state index contributed by atoms with van der Waals surface area (Å²) in [6.45, 7) is 6.30. The average Bonchev–Trinajstić information content (AvgIpc) is 3.08. The van der Waals surface area contributed by atoms with Crippen LogP contribution in [0.4, 0.5) is 10.6 Å². The topological polar surface area (TPSA) is 140 Å². The van der Waals surface area contributed by atoms with Crippen LogP contribution in [-0.2, 0) is 4.74 Å². The van der Waals surface area contributed by atoms with Gasteiger partial charge in [0.1, 0.15) is 23.7 Å². The van der Waals surface area contributed by atoms with E-state index < -0.39 is 17.9 Å². The first-order valence-corrected chi connectivity index (χ1v) is 9.67. The highest BCUT2D eigenvalue weighted by Gasteiger charge is 2.20. The van der Waals surface area contributed by atoms with Crippen molar-refractivity contribution < 1.29 is 14.6 Å². The van der Waals surface area contributed by atoms with Crippen LogP contribution in [0.15, 0.2) is 36.9 Å². The minimum absolute atomic E-state index is 0.271. The summed E-state index contributed by atoms with van der Waals surface area (Å²) < 4.78 is 6.84. The van der Waals surface area contributed by atoms with Gasteiger partial charge in [-0.05, 0) is 51.9 Å². The van der Waals surface area contributed by atoms with Crippen LogP contribution in [0.25, 0.3) is 16.8 Å². The summed E-state index contributed by atoms with van der Waals surface area (Å²) in [6.07, 6.45) is 3.90. The van der Waals surface area contributed by atoms with Crippen LogP contribution in [-0.4, -0.2) is 49.5 Å². The fourth-order valence-electron chi connectivity index (χ4n) is 2.98. The van der Waals surface area contributed by atoms with Crippen molar-refractivity contribution in [2.24, 2.45) is 0 Å². The molecule has 1 unspecified atom stereocenters. The predicted molar refractivity (Wildman–Crippen MR) is 112 cm³/mol. The van der Waals surface area contributed by atoms with E-state index in [2.05, 4.69) is 25.7 Å². The van der Waals surface area contributed by atoms with Crippen molar-refractivity contribution in [1.82, 2.24) is 30.2 Å². The van der Waals surface area contributed by atoms with Crippen LogP contribution in [0, 0.1) is 0 Å². The maximum atomic E-state index is 11.7. The molecule has 30 heavy (non-hydrogen) atoms. The van der Waals surface area contributed by atoms with Crippen molar-refractivity contribution in [2.45, 2.75) is 39.0 Å². The Kier molecular flexibility index (Phi) is 6.48. The van der Waals surface area contributed by atoms with Crippen molar-refractivity contribution >= 4 is 17.4 Å². The maximum absolute atomic E-state index is 11.7. The first kappa shape index (κ1) is 21.5. The Labute approximate surface area is 174 Å². The van der Waals surface area contributed by atoms with E-state index in [9.17, 15) is 9.90 Å². The molecule has 3 aromatic rings. The van der Waals surface area contributed by atoms with E-state index in [4.69, 9.17) is 10.5 Å². The number of nitrogen functional groups attached to an aromatic ring is 1. The third kappa shape index (κ3) is 5.22. The summed E-state index contributed by atoms with van der Waals surface area (Å²) in [6, 6.07) is 5.53. The lowest BCUT2D eigenvalue weighted by Gasteiger charge is -2.19. The molecule has 10 nitrogen and oxygen atoms in total. The molecule has 160 valence electrons. The number of nitrogens with one attached hydrogen (secondary N) is 2. The van der Waals surface area contributed by atoms with Crippen LogP contribution >= 0.6 is 0 Å². The van der Waals surface area contributed by atoms with E-state index in [-0.39, 0.29) is 5.82 Å². The zero-order chi connectivity index (χ0) is 21.7. The molecule has 3 rings (SSSR count). The highest BCUT2D eigenvalue weighted by molar-refractivity contribution is 5.77. The third-order valence-corrected chi connectivity index (χ3v) is 4.24. The van der Waals surface area contributed by atoms with Gasteiger partial charge in [0.15, 0.2) is 5.82 Å². The molecular weight excluding hydrogens is 386 g/mol. The van der Waals surface area contributed by atoms with Crippen molar-refractivity contribution in [3.63, 3.8) is 0 Å². The van der Waals surface area contributed by atoms with Gasteiger partial charge in [-0.15, -0.1) is 0 Å². The van der Waals surface area contributed by atoms with Crippen molar-refractivity contribution in [2.75, 3.05) is 18.8 Å². The van der Waals surface area contributed by atoms with Crippen LogP contribution in [0.2, 0.25) is 0 Å². The molecule has 0 saturated heterocycles. The highest BCUT2D eigenvalue weighted by atomic mass is 16.6. The van der Waals surface area contributed by atoms with Gasteiger partial charge in [-0.3, -0.25) is 10.3 Å². The van der Waals surface area contributed by atoms with E-state index in [1.807, 2.05) is 39.0 Å². The summed E-state index contributed by atoms with van der Waals surface area (Å²) in [7, 11) is 0. The number of aromatic nitrogens is 4. The summed E-state index contributed by atoms with van der Waals surface area (Å²) >= 11 is 0. The normalized spacial score (nSPS) is 12.7. The van der Waals surface area contributed by atoms with E-state index in [0.717, 1.165) is 11.3 Å². The Balaban J connectivity index is 1.66. The van der Waals surface area contributed by atoms with Gasteiger partial charge in [0.2, 0.25) is 0 Å². The molecule has 1 amide bonds. The van der Waals surface area contributed by atoms with Crippen molar-refractivity contribution in [3.05, 3.63) is 42.5 Å². The zero-order valence-corrected chi connectivity index (χ0v) is 17.3. The van der Waals surface area contributed by atoms with Crippen LogP contribution in [0.1, 0.15) is 39.0 Å². The molecule has 1 atom stereocenters. The van der Waals surface area contributed by atoms with E-state index in [1.165, 1.54) is 6.33 Å². The van der Waals surface area contributed by atoms with E-state index >= 15 is 0 Å². The molecule has 0 radical (unpaired) electrons. The summed E-state index contributed by atoms with van der Waals surface area (Å²) in [5.41, 5.74) is 8.29. The molecule has 0 aliphatic rings. The number of hydrogen-bond acceptors (Lipinski definition) is 8. The number of fused-ring (bicyclic) bond motifs is 1. The Morgan fingerprint density at radius 1 is 1.30 bits per heavy atom. The second-order valence-corrected chi connectivity index (χ2v) is 7.77. The Hall–Kier alpha value is -3.24. The SMILES string of the molecule is CC(C)(C)OC(=O)NCCCNC(O)c1cc(-c2ccncc2)n2ncnc(N)c12. The number of aliphatic hydroxyl groups excluding tert-OH is 1. The van der Waals surface area contributed by atoms with Gasteiger partial charge in [-0.1, -0.05) is 0 Å². The third-order valence-electron chi connectivity index (χ3n) is 4.24. The number of pyridine rings is 1. The van der Waals surface area contributed by atoms with Gasteiger partial charge in [0, 0.05) is 30.1 Å².